The van der Waals surface area contributed by atoms with E-state index in [2.05, 4.69) is 92.9 Å². The van der Waals surface area contributed by atoms with Gasteiger partial charge in [-0.1, -0.05) is 55.4 Å². The summed E-state index contributed by atoms with van der Waals surface area (Å²) >= 11 is 0. The molecule has 8 atom stereocenters. The second-order valence-electron chi connectivity index (χ2n) is 12.5. The second-order valence-corrected chi connectivity index (χ2v) is 12.5. The van der Waals surface area contributed by atoms with Crippen LogP contribution in [0.2, 0.25) is 0 Å². The molecule has 2 heterocycles. The van der Waals surface area contributed by atoms with E-state index in [4.69, 9.17) is 0 Å². The summed E-state index contributed by atoms with van der Waals surface area (Å²) in [5.74, 6) is 3.08. The Hall–Kier alpha value is -0.860. The summed E-state index contributed by atoms with van der Waals surface area (Å²) in [7, 11) is 0. The SMILES string of the molecule is CCc1c(CC)c(CN2[C@H](C)[C@H](C)C[C@H](C)[C@@H]2C)c(CC)c(CC)c1CN1[C@H](C)[C@H](C)[C@H](C)[C@@H]1C. The molecule has 0 N–H and O–H groups in total. The fraction of sp³-hybridized carbons (Fsp3) is 0.818. The average molecular weight is 483 g/mol. The van der Waals surface area contributed by atoms with E-state index in [0.717, 1.165) is 62.4 Å². The van der Waals surface area contributed by atoms with Gasteiger partial charge in [0, 0.05) is 37.3 Å². The molecule has 2 fully saturated rings. The van der Waals surface area contributed by atoms with E-state index in [9.17, 15) is 0 Å². The van der Waals surface area contributed by atoms with Crippen molar-refractivity contribution in [3.63, 3.8) is 0 Å². The molecule has 2 aliphatic rings. The van der Waals surface area contributed by atoms with Crippen molar-refractivity contribution in [2.75, 3.05) is 0 Å². The van der Waals surface area contributed by atoms with Gasteiger partial charge in [-0.15, -0.1) is 0 Å². The van der Waals surface area contributed by atoms with Crippen molar-refractivity contribution < 1.29 is 0 Å². The van der Waals surface area contributed by atoms with Gasteiger partial charge in [-0.2, -0.15) is 0 Å². The summed E-state index contributed by atoms with van der Waals surface area (Å²) in [6.07, 6.45) is 5.98. The van der Waals surface area contributed by atoms with Crippen LogP contribution in [0.5, 0.6) is 0 Å². The molecule has 2 aliphatic heterocycles. The van der Waals surface area contributed by atoms with E-state index in [-0.39, 0.29) is 0 Å². The van der Waals surface area contributed by atoms with E-state index < -0.39 is 0 Å². The molecule has 35 heavy (non-hydrogen) atoms. The summed E-state index contributed by atoms with van der Waals surface area (Å²) in [5.41, 5.74) is 10.1. The highest BCUT2D eigenvalue weighted by Crippen LogP contribution is 2.40. The minimum Gasteiger partial charge on any atom is -0.293 e. The van der Waals surface area contributed by atoms with Crippen LogP contribution in [0, 0.1) is 23.7 Å². The highest BCUT2D eigenvalue weighted by atomic mass is 15.2. The van der Waals surface area contributed by atoms with E-state index in [0.29, 0.717) is 24.2 Å². The third-order valence-electron chi connectivity index (χ3n) is 11.1. The highest BCUT2D eigenvalue weighted by molar-refractivity contribution is 5.53. The van der Waals surface area contributed by atoms with E-state index >= 15 is 0 Å². The Bertz CT molecular complexity index is 796. The number of hydrogen-bond acceptors (Lipinski definition) is 2. The summed E-state index contributed by atoms with van der Waals surface area (Å²) in [6.45, 7) is 31.7. The number of likely N-dealkylation sites (tertiary alicyclic amines) is 2. The Balaban J connectivity index is 2.13. The van der Waals surface area contributed by atoms with E-state index in [1.165, 1.54) is 6.42 Å². The zero-order chi connectivity index (χ0) is 26.2. The smallest absolute Gasteiger partial charge is 0.0245 e. The number of benzene rings is 1. The van der Waals surface area contributed by atoms with Crippen molar-refractivity contribution >= 4 is 0 Å². The van der Waals surface area contributed by atoms with Crippen LogP contribution in [-0.2, 0) is 38.8 Å². The third-order valence-corrected chi connectivity index (χ3v) is 11.1. The van der Waals surface area contributed by atoms with Crippen LogP contribution in [0.25, 0.3) is 0 Å². The Morgan fingerprint density at radius 3 is 1.03 bits per heavy atom. The van der Waals surface area contributed by atoms with Crippen LogP contribution < -0.4 is 0 Å². The number of rotatable bonds is 8. The molecule has 3 rings (SSSR count). The largest absolute Gasteiger partial charge is 0.293 e. The maximum absolute atomic E-state index is 2.86. The first-order valence-electron chi connectivity index (χ1n) is 15.2. The first-order valence-corrected chi connectivity index (χ1v) is 15.2. The van der Waals surface area contributed by atoms with Gasteiger partial charge in [0.2, 0.25) is 0 Å². The molecule has 200 valence electrons. The fourth-order valence-electron chi connectivity index (χ4n) is 7.98. The highest BCUT2D eigenvalue weighted by Gasteiger charge is 2.40. The molecule has 0 amide bonds. The van der Waals surface area contributed by atoms with Crippen molar-refractivity contribution in [1.29, 1.82) is 0 Å². The Morgan fingerprint density at radius 1 is 0.457 bits per heavy atom. The van der Waals surface area contributed by atoms with Crippen LogP contribution >= 0.6 is 0 Å². The number of piperidine rings is 1. The van der Waals surface area contributed by atoms with Crippen molar-refractivity contribution in [2.24, 2.45) is 23.7 Å². The minimum atomic E-state index is 0.653. The molecule has 2 saturated heterocycles. The predicted molar refractivity (Wildman–Crippen MR) is 154 cm³/mol. The molecule has 1 aromatic rings. The van der Waals surface area contributed by atoms with Crippen LogP contribution in [0.4, 0.5) is 0 Å². The van der Waals surface area contributed by atoms with Gasteiger partial charge in [-0.25, -0.2) is 0 Å². The molecule has 0 spiro atoms. The fourth-order valence-corrected chi connectivity index (χ4v) is 7.98. The van der Waals surface area contributed by atoms with Gasteiger partial charge < -0.3 is 0 Å². The lowest BCUT2D eigenvalue weighted by Gasteiger charge is -2.47. The summed E-state index contributed by atoms with van der Waals surface area (Å²) in [6, 6.07) is 2.61. The Kier molecular flexibility index (Phi) is 9.58. The lowest BCUT2D eigenvalue weighted by atomic mass is 9.79. The number of hydrogen-bond donors (Lipinski definition) is 0. The van der Waals surface area contributed by atoms with Crippen LogP contribution in [0.3, 0.4) is 0 Å². The topological polar surface area (TPSA) is 6.48 Å². The zero-order valence-corrected chi connectivity index (χ0v) is 25.5. The molecule has 0 radical (unpaired) electrons. The maximum Gasteiger partial charge on any atom is 0.0245 e. The normalized spacial score (nSPS) is 34.6. The maximum atomic E-state index is 2.86. The summed E-state index contributed by atoms with van der Waals surface area (Å²) < 4.78 is 0. The van der Waals surface area contributed by atoms with Gasteiger partial charge in [0.05, 0.1) is 0 Å². The first-order chi connectivity index (χ1) is 16.5. The van der Waals surface area contributed by atoms with Crippen LogP contribution in [0.1, 0.15) is 123 Å². The molecule has 0 saturated carbocycles. The van der Waals surface area contributed by atoms with E-state index in [1.54, 1.807) is 33.4 Å². The van der Waals surface area contributed by atoms with Crippen LogP contribution in [-0.4, -0.2) is 34.0 Å². The van der Waals surface area contributed by atoms with Gasteiger partial charge in [-0.3, -0.25) is 9.80 Å². The second kappa shape index (κ2) is 11.7. The van der Waals surface area contributed by atoms with Gasteiger partial charge in [-0.05, 0) is 117 Å². The molecule has 0 unspecified atom stereocenters. The van der Waals surface area contributed by atoms with Gasteiger partial charge in [0.1, 0.15) is 0 Å². The Labute approximate surface area is 219 Å². The Morgan fingerprint density at radius 2 is 0.743 bits per heavy atom. The van der Waals surface area contributed by atoms with Gasteiger partial charge >= 0.3 is 0 Å². The summed E-state index contributed by atoms with van der Waals surface area (Å²) in [4.78, 5) is 5.69. The van der Waals surface area contributed by atoms with Crippen molar-refractivity contribution in [1.82, 2.24) is 9.80 Å². The quantitative estimate of drug-likeness (QED) is 0.370. The molecule has 0 bridgehead atoms. The van der Waals surface area contributed by atoms with Crippen LogP contribution in [0.15, 0.2) is 0 Å². The third kappa shape index (κ3) is 5.13. The first kappa shape index (κ1) is 28.7. The molecule has 0 aromatic heterocycles. The van der Waals surface area contributed by atoms with Gasteiger partial charge in [0.25, 0.3) is 0 Å². The minimum absolute atomic E-state index is 0.653. The molecule has 2 nitrogen and oxygen atoms in total. The molecule has 1 aromatic carbocycles. The lowest BCUT2D eigenvalue weighted by Crippen LogP contribution is -2.51. The monoisotopic (exact) mass is 482 g/mol. The molecule has 2 heteroatoms. The molecular weight excluding hydrogens is 424 g/mol. The van der Waals surface area contributed by atoms with E-state index in [1.807, 2.05) is 0 Å². The zero-order valence-electron chi connectivity index (χ0n) is 25.5. The van der Waals surface area contributed by atoms with Crippen molar-refractivity contribution in [2.45, 2.75) is 152 Å². The van der Waals surface area contributed by atoms with Gasteiger partial charge in [0.15, 0.2) is 0 Å². The van der Waals surface area contributed by atoms with Crippen molar-refractivity contribution in [3.05, 3.63) is 33.4 Å². The summed E-state index contributed by atoms with van der Waals surface area (Å²) in [5, 5.41) is 0. The lowest BCUT2D eigenvalue weighted by molar-refractivity contribution is 0.0206. The standard InChI is InChI=1S/C33H58N2/c1-13-28-30(15-3)33(19-35-26(11)22(7)23(8)27(35)12)31(16-4)29(14-2)32(28)18-34-24(9)20(5)17-21(6)25(34)10/h20-27H,13-19H2,1-12H3/t20-,21+,22-,23+,24-,25+,26-,27+. The molecular formula is C33H58N2. The number of nitrogens with zero attached hydrogens (tertiary/aromatic N) is 2. The van der Waals surface area contributed by atoms with Crippen molar-refractivity contribution in [3.8, 4) is 0 Å². The average Bonchev–Trinajstić information content (AvgIpc) is 3.02. The predicted octanol–water partition coefficient (Wildman–Crippen LogP) is 8.06. The molecule has 0 aliphatic carbocycles.